The zero-order valence-electron chi connectivity index (χ0n) is 19.8. The number of rotatable bonds is 9. The quantitative estimate of drug-likeness (QED) is 0.373. The summed E-state index contributed by atoms with van der Waals surface area (Å²) in [6.45, 7) is 3.13. The summed E-state index contributed by atoms with van der Waals surface area (Å²) < 4.78 is 31.5. The molecule has 182 valence electrons. The van der Waals surface area contributed by atoms with Gasteiger partial charge < -0.3 is 9.30 Å². The summed E-state index contributed by atoms with van der Waals surface area (Å²) in [5.74, 6) is 1.30. The van der Waals surface area contributed by atoms with Crippen LogP contribution in [0.2, 0.25) is 0 Å². The first-order chi connectivity index (χ1) is 16.5. The predicted octanol–water partition coefficient (Wildman–Crippen LogP) is 5.07. The molecule has 2 aliphatic rings. The highest BCUT2D eigenvalue weighted by molar-refractivity contribution is 8.22. The molecule has 1 aliphatic heterocycles. The van der Waals surface area contributed by atoms with E-state index in [1.54, 1.807) is 23.0 Å². The molecule has 1 aliphatic carbocycles. The zero-order chi connectivity index (χ0) is 23.5. The van der Waals surface area contributed by atoms with E-state index >= 15 is 0 Å². The Morgan fingerprint density at radius 3 is 2.62 bits per heavy atom. The highest BCUT2D eigenvalue weighted by Crippen LogP contribution is 2.44. The molecule has 2 atom stereocenters. The molecule has 0 saturated carbocycles. The van der Waals surface area contributed by atoms with Crippen molar-refractivity contribution in [3.63, 3.8) is 0 Å². The van der Waals surface area contributed by atoms with Gasteiger partial charge in [-0.15, -0.1) is 10.8 Å². The number of ether oxygens (including phenoxy) is 1. The van der Waals surface area contributed by atoms with E-state index in [4.69, 9.17) is 4.74 Å². The third kappa shape index (κ3) is 5.19. The van der Waals surface area contributed by atoms with Crippen molar-refractivity contribution in [1.82, 2.24) is 14.2 Å². The van der Waals surface area contributed by atoms with Gasteiger partial charge in [0.25, 0.3) is 0 Å². The summed E-state index contributed by atoms with van der Waals surface area (Å²) in [6, 6.07) is 19.6. The maximum Gasteiger partial charge on any atom is 0.119 e. The number of hydrogen-bond donors (Lipinski definition) is 3. The summed E-state index contributed by atoms with van der Waals surface area (Å²) in [5, 5.41) is 0. The van der Waals surface area contributed by atoms with Crippen LogP contribution < -0.4 is 9.46 Å². The number of aryl methyl sites for hydroxylation is 2. The van der Waals surface area contributed by atoms with Gasteiger partial charge in [-0.3, -0.25) is 14.0 Å². The van der Waals surface area contributed by atoms with Gasteiger partial charge >= 0.3 is 0 Å². The van der Waals surface area contributed by atoms with Crippen molar-refractivity contribution in [3.8, 4) is 5.75 Å². The Hall–Kier alpha value is -2.29. The van der Waals surface area contributed by atoms with Crippen LogP contribution in [0.4, 0.5) is 0 Å². The van der Waals surface area contributed by atoms with Crippen molar-refractivity contribution in [2.24, 2.45) is 7.05 Å². The summed E-state index contributed by atoms with van der Waals surface area (Å²) >= 11 is 0. The standard InChI is InChI=1S/C27H35N3O3S/c1-29-16-12-24(20-29)34(31,32)28-13-17-33-23-10-8-22-9-11-27(30-14-5-15-30)26(25(22)19-23)18-21-6-3-2-4-7-21/h2-4,6-8,10,12,16,19-20,26-28,31-32H,5,9,11,13-15,17-18H2,1H3. The zero-order valence-corrected chi connectivity index (χ0v) is 20.6. The number of fused-ring (bicyclic) bond motifs is 1. The van der Waals surface area contributed by atoms with E-state index in [2.05, 4.69) is 58.2 Å². The fraction of sp³-hybridized carbons (Fsp3) is 0.407. The second-order valence-corrected chi connectivity index (χ2v) is 11.3. The smallest absolute Gasteiger partial charge is 0.119 e. The molecule has 1 saturated heterocycles. The van der Waals surface area contributed by atoms with Gasteiger partial charge in [0.05, 0.1) is 4.90 Å². The van der Waals surface area contributed by atoms with Crippen LogP contribution in [0, 0.1) is 0 Å². The minimum absolute atomic E-state index is 0.345. The highest BCUT2D eigenvalue weighted by Gasteiger charge is 2.36. The number of aromatic nitrogens is 1. The van der Waals surface area contributed by atoms with Crippen LogP contribution in [-0.2, 0) is 19.9 Å². The predicted molar refractivity (Wildman–Crippen MR) is 138 cm³/mol. The van der Waals surface area contributed by atoms with Gasteiger partial charge in [-0.1, -0.05) is 36.4 Å². The fourth-order valence-corrected chi connectivity index (χ4v) is 6.35. The third-order valence-corrected chi connectivity index (χ3v) is 8.66. The van der Waals surface area contributed by atoms with E-state index in [0.717, 1.165) is 18.6 Å². The Labute approximate surface area is 204 Å². The summed E-state index contributed by atoms with van der Waals surface area (Å²) in [6.07, 6.45) is 8.19. The second kappa shape index (κ2) is 10.1. The molecule has 7 heteroatoms. The van der Waals surface area contributed by atoms with E-state index in [0.29, 0.717) is 30.0 Å². The van der Waals surface area contributed by atoms with Crippen LogP contribution in [0.1, 0.15) is 35.4 Å². The fourth-order valence-electron chi connectivity index (χ4n) is 5.25. The third-order valence-electron chi connectivity index (χ3n) is 7.16. The normalized spacial score (nSPS) is 21.0. The molecule has 34 heavy (non-hydrogen) atoms. The first kappa shape index (κ1) is 23.5. The van der Waals surface area contributed by atoms with E-state index in [9.17, 15) is 9.11 Å². The molecule has 0 amide bonds. The Kier molecular flexibility index (Phi) is 6.99. The van der Waals surface area contributed by atoms with Gasteiger partial charge in [-0.05, 0) is 73.7 Å². The van der Waals surface area contributed by atoms with Crippen LogP contribution in [0.15, 0.2) is 71.9 Å². The lowest BCUT2D eigenvalue weighted by molar-refractivity contribution is 0.0876. The van der Waals surface area contributed by atoms with Crippen LogP contribution in [0.25, 0.3) is 0 Å². The molecule has 0 bridgehead atoms. The Bertz CT molecular complexity index is 1100. The van der Waals surface area contributed by atoms with E-state index < -0.39 is 10.8 Å². The van der Waals surface area contributed by atoms with Crippen molar-refractivity contribution in [3.05, 3.63) is 83.7 Å². The molecule has 3 N–H and O–H groups in total. The lowest BCUT2D eigenvalue weighted by Crippen LogP contribution is -2.49. The molecule has 2 heterocycles. The maximum absolute atomic E-state index is 10.4. The van der Waals surface area contributed by atoms with Crippen LogP contribution in [0.3, 0.4) is 0 Å². The topological polar surface area (TPSA) is 69.9 Å². The van der Waals surface area contributed by atoms with Gasteiger partial charge in [0.15, 0.2) is 0 Å². The number of nitrogens with one attached hydrogen (secondary N) is 1. The second-order valence-electron chi connectivity index (χ2n) is 9.46. The van der Waals surface area contributed by atoms with Crippen molar-refractivity contribution in [2.45, 2.75) is 42.5 Å². The lowest BCUT2D eigenvalue weighted by atomic mass is 9.75. The van der Waals surface area contributed by atoms with Crippen molar-refractivity contribution >= 4 is 10.8 Å². The van der Waals surface area contributed by atoms with E-state index in [-0.39, 0.29) is 0 Å². The van der Waals surface area contributed by atoms with Crippen LogP contribution >= 0.6 is 10.8 Å². The molecule has 0 radical (unpaired) electrons. The van der Waals surface area contributed by atoms with E-state index in [1.807, 2.05) is 7.05 Å². The summed E-state index contributed by atoms with van der Waals surface area (Å²) in [5.41, 5.74) is 4.22. The largest absolute Gasteiger partial charge is 0.492 e. The minimum Gasteiger partial charge on any atom is -0.492 e. The molecular weight excluding hydrogens is 446 g/mol. The van der Waals surface area contributed by atoms with Gasteiger partial charge in [0.1, 0.15) is 12.4 Å². The van der Waals surface area contributed by atoms with Crippen molar-refractivity contribution in [2.75, 3.05) is 26.2 Å². The molecule has 1 aromatic heterocycles. The Morgan fingerprint density at radius 1 is 1.09 bits per heavy atom. The highest BCUT2D eigenvalue weighted by atomic mass is 32.3. The summed E-state index contributed by atoms with van der Waals surface area (Å²) in [4.78, 5) is 3.15. The van der Waals surface area contributed by atoms with Crippen LogP contribution in [0.5, 0.6) is 5.75 Å². The lowest BCUT2D eigenvalue weighted by Gasteiger charge is -2.45. The Morgan fingerprint density at radius 2 is 1.91 bits per heavy atom. The maximum atomic E-state index is 10.4. The molecule has 2 aromatic carbocycles. The number of benzene rings is 2. The molecule has 3 aromatic rings. The first-order valence-corrected chi connectivity index (χ1v) is 13.7. The molecular formula is C27H35N3O3S. The molecule has 5 rings (SSSR count). The number of hydrogen-bond acceptors (Lipinski definition) is 5. The number of nitrogens with zero attached hydrogens (tertiary/aromatic N) is 2. The first-order valence-electron chi connectivity index (χ1n) is 12.2. The van der Waals surface area contributed by atoms with Gasteiger partial charge in [0, 0.05) is 37.9 Å². The molecule has 1 fully saturated rings. The van der Waals surface area contributed by atoms with Gasteiger partial charge in [-0.2, -0.15) is 0 Å². The van der Waals surface area contributed by atoms with Gasteiger partial charge in [0.2, 0.25) is 0 Å². The van der Waals surface area contributed by atoms with Gasteiger partial charge in [-0.25, -0.2) is 4.72 Å². The molecule has 0 spiro atoms. The molecule has 6 nitrogen and oxygen atoms in total. The average molecular weight is 482 g/mol. The molecule has 2 unspecified atom stereocenters. The van der Waals surface area contributed by atoms with Crippen LogP contribution in [-0.4, -0.2) is 50.9 Å². The monoisotopic (exact) mass is 481 g/mol. The SMILES string of the molecule is Cn1ccc(S(O)(O)NCCOc2ccc3c(c2)C(Cc2ccccc2)C(N2CCC2)CC3)c1. The Balaban J connectivity index is 1.27. The van der Waals surface area contributed by atoms with Crippen molar-refractivity contribution in [1.29, 1.82) is 0 Å². The average Bonchev–Trinajstić information content (AvgIpc) is 3.25. The minimum atomic E-state index is -3.02. The van der Waals surface area contributed by atoms with E-state index in [1.165, 1.54) is 42.6 Å². The van der Waals surface area contributed by atoms with Crippen molar-refractivity contribution < 1.29 is 13.8 Å². The summed E-state index contributed by atoms with van der Waals surface area (Å²) in [7, 11) is -1.16. The number of likely N-dealkylation sites (tertiary alicyclic amines) is 1.